The van der Waals surface area contributed by atoms with Crippen LogP contribution in [0.5, 0.6) is 0 Å². The van der Waals surface area contributed by atoms with E-state index in [0.29, 0.717) is 6.54 Å². The smallest absolute Gasteiger partial charge is 0.335 e. The molecule has 1 unspecified atom stereocenters. The molecule has 1 heterocycles. The number of carbonyl (C=O) groups is 2. The number of hydrogen-bond acceptors (Lipinski definition) is 3. The fraction of sp³-hybridized carbons (Fsp3) is 0.429. The number of hydrogen-bond donors (Lipinski definition) is 2. The second-order valence-corrected chi connectivity index (χ2v) is 5.23. The summed E-state index contributed by atoms with van der Waals surface area (Å²) in [5.41, 5.74) is -0.191. The molecule has 0 radical (unpaired) electrons. The second-order valence-electron chi connectivity index (χ2n) is 5.23. The van der Waals surface area contributed by atoms with E-state index in [2.05, 4.69) is 10.2 Å². The summed E-state index contributed by atoms with van der Waals surface area (Å²) in [5, 5.41) is 11.4. The van der Waals surface area contributed by atoms with Gasteiger partial charge < -0.3 is 20.2 Å². The van der Waals surface area contributed by atoms with Gasteiger partial charge in [-0.05, 0) is 32.2 Å². The number of urea groups is 1. The Kier molecular flexibility index (Phi) is 4.42. The molecule has 1 atom stereocenters. The van der Waals surface area contributed by atoms with Crippen LogP contribution in [-0.4, -0.2) is 59.6 Å². The first-order valence-electron chi connectivity index (χ1n) is 6.67. The highest BCUT2D eigenvalue weighted by Crippen LogP contribution is 2.18. The Bertz CT molecular complexity index is 564. The van der Waals surface area contributed by atoms with E-state index in [-0.39, 0.29) is 17.3 Å². The maximum Gasteiger partial charge on any atom is 0.335 e. The monoisotopic (exact) mass is 295 g/mol. The lowest BCUT2D eigenvalue weighted by molar-refractivity contribution is 0.0696. The van der Waals surface area contributed by atoms with Crippen molar-refractivity contribution in [3.63, 3.8) is 0 Å². The van der Waals surface area contributed by atoms with Gasteiger partial charge in [-0.3, -0.25) is 0 Å². The molecule has 6 nitrogen and oxygen atoms in total. The van der Waals surface area contributed by atoms with Crippen LogP contribution >= 0.6 is 0 Å². The number of nitrogens with one attached hydrogen (secondary N) is 1. The number of carbonyl (C=O) groups excluding carboxylic acids is 1. The van der Waals surface area contributed by atoms with Crippen molar-refractivity contribution in [3.8, 4) is 0 Å². The van der Waals surface area contributed by atoms with Crippen molar-refractivity contribution in [2.45, 2.75) is 13.0 Å². The molecule has 21 heavy (non-hydrogen) atoms. The SMILES string of the molecule is CC1CN(C)CCN1C(=O)Nc1cc(C(=O)O)ccc1F. The van der Waals surface area contributed by atoms with Crippen molar-refractivity contribution in [1.29, 1.82) is 0 Å². The van der Waals surface area contributed by atoms with Crippen LogP contribution in [0.3, 0.4) is 0 Å². The van der Waals surface area contributed by atoms with Gasteiger partial charge in [0.2, 0.25) is 0 Å². The van der Waals surface area contributed by atoms with Crippen molar-refractivity contribution in [2.24, 2.45) is 0 Å². The van der Waals surface area contributed by atoms with Crippen molar-refractivity contribution in [1.82, 2.24) is 9.80 Å². The van der Waals surface area contributed by atoms with Crippen LogP contribution < -0.4 is 5.32 Å². The molecule has 1 aliphatic rings. The lowest BCUT2D eigenvalue weighted by Crippen LogP contribution is -2.54. The van der Waals surface area contributed by atoms with Gasteiger partial charge in [0.1, 0.15) is 5.82 Å². The van der Waals surface area contributed by atoms with Gasteiger partial charge in [0.25, 0.3) is 0 Å². The summed E-state index contributed by atoms with van der Waals surface area (Å²) in [6, 6.07) is 2.90. The van der Waals surface area contributed by atoms with E-state index in [9.17, 15) is 14.0 Å². The number of aromatic carboxylic acids is 1. The van der Waals surface area contributed by atoms with Gasteiger partial charge in [0, 0.05) is 25.7 Å². The molecule has 2 amide bonds. The summed E-state index contributed by atoms with van der Waals surface area (Å²) >= 11 is 0. The molecule has 0 bridgehead atoms. The zero-order valence-electron chi connectivity index (χ0n) is 12.0. The standard InChI is InChI=1S/C14H18FN3O3/c1-9-8-17(2)5-6-18(9)14(21)16-12-7-10(13(19)20)3-4-11(12)15/h3-4,7,9H,5-6,8H2,1-2H3,(H,16,21)(H,19,20). The van der Waals surface area contributed by atoms with Crippen LogP contribution in [0.1, 0.15) is 17.3 Å². The molecule has 0 spiro atoms. The van der Waals surface area contributed by atoms with Gasteiger partial charge in [0.05, 0.1) is 11.3 Å². The fourth-order valence-corrected chi connectivity index (χ4v) is 2.38. The van der Waals surface area contributed by atoms with Crippen LogP contribution in [0.2, 0.25) is 0 Å². The molecular weight excluding hydrogens is 277 g/mol. The van der Waals surface area contributed by atoms with Crippen LogP contribution in [0, 0.1) is 5.82 Å². The average Bonchev–Trinajstić information content (AvgIpc) is 2.40. The number of amides is 2. The van der Waals surface area contributed by atoms with Crippen molar-refractivity contribution in [2.75, 3.05) is 32.0 Å². The minimum atomic E-state index is -1.17. The largest absolute Gasteiger partial charge is 0.478 e. The number of likely N-dealkylation sites (N-methyl/N-ethyl adjacent to an activating group) is 1. The summed E-state index contributed by atoms with van der Waals surface area (Å²) in [4.78, 5) is 26.8. The van der Waals surface area contributed by atoms with Gasteiger partial charge in [0.15, 0.2) is 0 Å². The minimum Gasteiger partial charge on any atom is -0.478 e. The van der Waals surface area contributed by atoms with Gasteiger partial charge >= 0.3 is 12.0 Å². The molecule has 1 aromatic rings. The average molecular weight is 295 g/mol. The van der Waals surface area contributed by atoms with E-state index in [0.717, 1.165) is 31.3 Å². The summed E-state index contributed by atoms with van der Waals surface area (Å²) < 4.78 is 13.7. The fourth-order valence-electron chi connectivity index (χ4n) is 2.38. The lowest BCUT2D eigenvalue weighted by Gasteiger charge is -2.38. The van der Waals surface area contributed by atoms with Gasteiger partial charge in [-0.15, -0.1) is 0 Å². The number of piperazine rings is 1. The number of benzene rings is 1. The van der Waals surface area contributed by atoms with Crippen molar-refractivity contribution in [3.05, 3.63) is 29.6 Å². The highest BCUT2D eigenvalue weighted by molar-refractivity contribution is 5.93. The molecule has 0 aliphatic carbocycles. The topological polar surface area (TPSA) is 72.9 Å². The van der Waals surface area contributed by atoms with Crippen molar-refractivity contribution < 1.29 is 19.1 Å². The molecule has 0 saturated carbocycles. The Hall–Kier alpha value is -2.15. The summed E-state index contributed by atoms with van der Waals surface area (Å²) in [7, 11) is 1.97. The third-order valence-corrected chi connectivity index (χ3v) is 3.55. The molecule has 1 fully saturated rings. The number of anilines is 1. The first-order chi connectivity index (χ1) is 9.88. The molecule has 7 heteroatoms. The number of halogens is 1. The van der Waals surface area contributed by atoms with Gasteiger partial charge in [-0.1, -0.05) is 0 Å². The number of carboxylic acid groups (broad SMARTS) is 1. The van der Waals surface area contributed by atoms with E-state index < -0.39 is 17.8 Å². The Morgan fingerprint density at radius 2 is 2.10 bits per heavy atom. The van der Waals surface area contributed by atoms with Crippen molar-refractivity contribution >= 4 is 17.7 Å². The molecular formula is C14H18FN3O3. The predicted octanol–water partition coefficient (Wildman–Crippen LogP) is 1.69. The Balaban J connectivity index is 2.12. The molecule has 0 aromatic heterocycles. The normalized spacial score (nSPS) is 19.4. The van der Waals surface area contributed by atoms with E-state index in [1.807, 2.05) is 14.0 Å². The maximum absolute atomic E-state index is 13.7. The highest BCUT2D eigenvalue weighted by Gasteiger charge is 2.26. The van der Waals surface area contributed by atoms with Crippen LogP contribution in [0.25, 0.3) is 0 Å². The maximum atomic E-state index is 13.7. The molecule has 2 rings (SSSR count). The molecule has 1 aromatic carbocycles. The molecule has 2 N–H and O–H groups in total. The number of rotatable bonds is 2. The van der Waals surface area contributed by atoms with E-state index >= 15 is 0 Å². The van der Waals surface area contributed by atoms with Crippen LogP contribution in [-0.2, 0) is 0 Å². The third-order valence-electron chi connectivity index (χ3n) is 3.55. The zero-order chi connectivity index (χ0) is 15.6. The molecule has 1 saturated heterocycles. The van der Waals surface area contributed by atoms with Crippen LogP contribution in [0.4, 0.5) is 14.9 Å². The predicted molar refractivity (Wildman–Crippen MR) is 76.0 cm³/mol. The Morgan fingerprint density at radius 3 is 2.71 bits per heavy atom. The van der Waals surface area contributed by atoms with E-state index in [1.54, 1.807) is 4.90 Å². The summed E-state index contributed by atoms with van der Waals surface area (Å²) in [6.07, 6.45) is 0. The van der Waals surface area contributed by atoms with Gasteiger partial charge in [-0.25, -0.2) is 14.0 Å². The third kappa shape index (κ3) is 3.49. The van der Waals surface area contributed by atoms with E-state index in [4.69, 9.17) is 5.11 Å². The molecule has 114 valence electrons. The zero-order valence-corrected chi connectivity index (χ0v) is 12.0. The summed E-state index contributed by atoms with van der Waals surface area (Å²) in [6.45, 7) is 3.95. The highest BCUT2D eigenvalue weighted by atomic mass is 19.1. The Labute approximate surface area is 122 Å². The molecule has 1 aliphatic heterocycles. The number of carboxylic acids is 1. The first kappa shape index (κ1) is 15.2. The minimum absolute atomic E-state index is 0.00877. The lowest BCUT2D eigenvalue weighted by atomic mass is 10.2. The first-order valence-corrected chi connectivity index (χ1v) is 6.67. The Morgan fingerprint density at radius 1 is 1.38 bits per heavy atom. The van der Waals surface area contributed by atoms with Gasteiger partial charge in [-0.2, -0.15) is 0 Å². The summed E-state index contributed by atoms with van der Waals surface area (Å²) in [5.74, 6) is -1.83. The second kappa shape index (κ2) is 6.09. The number of nitrogens with zero attached hydrogens (tertiary/aromatic N) is 2. The quantitative estimate of drug-likeness (QED) is 0.871. The van der Waals surface area contributed by atoms with E-state index in [1.165, 1.54) is 0 Å². The van der Waals surface area contributed by atoms with Crippen LogP contribution in [0.15, 0.2) is 18.2 Å².